The number of nitrogens with one attached hydrogen (secondary N) is 1. The smallest absolute Gasteiger partial charge is 0.223 e. The largest absolute Gasteiger partial charge is 0.385 e. The molecule has 8 nitrogen and oxygen atoms in total. The Hall–Kier alpha value is -3.80. The lowest BCUT2D eigenvalue weighted by atomic mass is 9.84. The highest BCUT2D eigenvalue weighted by atomic mass is 16.3. The third-order valence-electron chi connectivity index (χ3n) is 7.26. The van der Waals surface area contributed by atoms with Gasteiger partial charge in [0.15, 0.2) is 0 Å². The summed E-state index contributed by atoms with van der Waals surface area (Å²) in [6.45, 7) is 5.92. The number of fused-ring (bicyclic) bond motifs is 1. The number of hydrogen-bond donors (Lipinski definition) is 2. The summed E-state index contributed by atoms with van der Waals surface area (Å²) in [4.78, 5) is 15.9. The molecule has 1 atom stereocenters. The molecule has 3 aromatic heterocycles. The molecule has 5 rings (SSSR count). The third-order valence-corrected chi connectivity index (χ3v) is 7.26. The number of piperidine rings is 1. The van der Waals surface area contributed by atoms with Crippen LogP contribution < -0.4 is 5.32 Å². The molecule has 184 valence electrons. The topological polar surface area (TPSA) is 102 Å². The van der Waals surface area contributed by atoms with Crippen molar-refractivity contribution in [1.82, 2.24) is 24.3 Å². The minimum Gasteiger partial charge on any atom is -0.385 e. The van der Waals surface area contributed by atoms with Crippen LogP contribution >= 0.6 is 0 Å². The van der Waals surface area contributed by atoms with E-state index in [1.54, 1.807) is 12.4 Å². The number of nitriles is 1. The Bertz CT molecular complexity index is 1410. The average Bonchev–Trinajstić information content (AvgIpc) is 3.35. The highest BCUT2D eigenvalue weighted by Crippen LogP contribution is 2.33. The number of hydrogen-bond acceptors (Lipinski definition) is 7. The quantitative estimate of drug-likeness (QED) is 0.423. The molecule has 0 radical (unpaired) electrons. The van der Waals surface area contributed by atoms with Crippen LogP contribution in [0.4, 0.5) is 5.95 Å². The van der Waals surface area contributed by atoms with Crippen molar-refractivity contribution < 1.29 is 5.11 Å². The Morgan fingerprint density at radius 3 is 2.58 bits per heavy atom. The van der Waals surface area contributed by atoms with Gasteiger partial charge in [-0.1, -0.05) is 37.3 Å². The van der Waals surface area contributed by atoms with E-state index in [1.165, 1.54) is 0 Å². The van der Waals surface area contributed by atoms with Gasteiger partial charge in [0.05, 0.1) is 35.3 Å². The first-order valence-corrected chi connectivity index (χ1v) is 12.4. The molecule has 2 N–H and O–H groups in total. The zero-order chi connectivity index (χ0) is 25.3. The van der Waals surface area contributed by atoms with E-state index in [0.717, 1.165) is 60.4 Å². The summed E-state index contributed by atoms with van der Waals surface area (Å²) < 4.78 is 1.97. The molecule has 36 heavy (non-hydrogen) atoms. The van der Waals surface area contributed by atoms with Gasteiger partial charge in [0.2, 0.25) is 5.95 Å². The molecule has 1 aromatic carbocycles. The van der Waals surface area contributed by atoms with Crippen LogP contribution in [0.15, 0.2) is 55.0 Å². The molecule has 1 aliphatic rings. The number of rotatable bonds is 6. The molecule has 0 amide bonds. The fourth-order valence-electron chi connectivity index (χ4n) is 4.88. The number of nitrogens with zero attached hydrogens (tertiary/aromatic N) is 6. The first-order valence-electron chi connectivity index (χ1n) is 12.4. The van der Waals surface area contributed by atoms with Gasteiger partial charge in [0.25, 0.3) is 0 Å². The van der Waals surface area contributed by atoms with Crippen molar-refractivity contribution >= 4 is 11.6 Å². The van der Waals surface area contributed by atoms with Crippen LogP contribution in [-0.2, 0) is 12.0 Å². The summed E-state index contributed by atoms with van der Waals surface area (Å²) in [5.41, 5.74) is 4.96. The maximum absolute atomic E-state index is 11.1. The van der Waals surface area contributed by atoms with Crippen LogP contribution in [0.2, 0.25) is 0 Å². The number of aliphatic hydroxyl groups is 1. The van der Waals surface area contributed by atoms with E-state index in [0.29, 0.717) is 17.2 Å². The normalized spacial score (nSPS) is 16.5. The molecule has 8 heteroatoms. The van der Waals surface area contributed by atoms with Crippen LogP contribution in [0.3, 0.4) is 0 Å². The molecule has 1 fully saturated rings. The summed E-state index contributed by atoms with van der Waals surface area (Å²) in [6.07, 6.45) is 7.60. The lowest BCUT2D eigenvalue weighted by molar-refractivity contribution is -0.0203. The number of benzene rings is 1. The lowest BCUT2D eigenvalue weighted by Gasteiger charge is -2.37. The van der Waals surface area contributed by atoms with Gasteiger partial charge in [0.1, 0.15) is 17.4 Å². The van der Waals surface area contributed by atoms with Gasteiger partial charge in [-0.25, -0.2) is 15.0 Å². The molecule has 1 saturated heterocycles. The second-order valence-corrected chi connectivity index (χ2v) is 9.61. The number of aromatic nitrogens is 4. The number of aryl methyl sites for hydroxylation is 1. The van der Waals surface area contributed by atoms with Crippen molar-refractivity contribution in [2.24, 2.45) is 0 Å². The van der Waals surface area contributed by atoms with Gasteiger partial charge < -0.3 is 15.3 Å². The molecule has 0 spiro atoms. The van der Waals surface area contributed by atoms with E-state index in [2.05, 4.69) is 46.3 Å². The first-order chi connectivity index (χ1) is 17.4. The van der Waals surface area contributed by atoms with E-state index in [9.17, 15) is 10.4 Å². The Morgan fingerprint density at radius 1 is 1.14 bits per heavy atom. The maximum Gasteiger partial charge on any atom is 0.223 e. The summed E-state index contributed by atoms with van der Waals surface area (Å²) in [7, 11) is 2.09. The second kappa shape index (κ2) is 9.69. The predicted octanol–water partition coefficient (Wildman–Crippen LogP) is 4.31. The van der Waals surface area contributed by atoms with E-state index in [4.69, 9.17) is 4.98 Å². The van der Waals surface area contributed by atoms with Crippen molar-refractivity contribution in [2.45, 2.75) is 44.8 Å². The first kappa shape index (κ1) is 23.9. The highest BCUT2D eigenvalue weighted by Gasteiger charge is 2.32. The highest BCUT2D eigenvalue weighted by molar-refractivity contribution is 5.68. The van der Waals surface area contributed by atoms with Crippen LogP contribution in [0.1, 0.15) is 55.0 Å². The van der Waals surface area contributed by atoms with Gasteiger partial charge in [-0.2, -0.15) is 5.26 Å². The Kier molecular flexibility index (Phi) is 6.44. The average molecular weight is 482 g/mol. The summed E-state index contributed by atoms with van der Waals surface area (Å²) in [5.74, 6) is 0.441. The summed E-state index contributed by atoms with van der Waals surface area (Å²) >= 11 is 0. The van der Waals surface area contributed by atoms with Gasteiger partial charge in [-0.3, -0.25) is 4.40 Å². The Balaban J connectivity index is 1.39. The van der Waals surface area contributed by atoms with Crippen molar-refractivity contribution in [3.63, 3.8) is 0 Å². The molecule has 1 aliphatic heterocycles. The number of pyridine rings is 1. The lowest BCUT2D eigenvalue weighted by Crippen LogP contribution is -2.40. The fourth-order valence-corrected chi connectivity index (χ4v) is 4.88. The monoisotopic (exact) mass is 481 g/mol. The minimum atomic E-state index is -0.765. The number of anilines is 1. The predicted molar refractivity (Wildman–Crippen MR) is 139 cm³/mol. The van der Waals surface area contributed by atoms with E-state index >= 15 is 0 Å². The fraction of sp³-hybridized carbons (Fsp3) is 0.357. The Morgan fingerprint density at radius 2 is 1.89 bits per heavy atom. The third kappa shape index (κ3) is 4.43. The van der Waals surface area contributed by atoms with Gasteiger partial charge >= 0.3 is 0 Å². The van der Waals surface area contributed by atoms with E-state index in [1.807, 2.05) is 47.9 Å². The summed E-state index contributed by atoms with van der Waals surface area (Å²) in [5, 5.41) is 24.2. The van der Waals surface area contributed by atoms with Crippen LogP contribution in [-0.4, -0.2) is 49.5 Å². The zero-order valence-electron chi connectivity index (χ0n) is 20.9. The molecule has 0 aliphatic carbocycles. The molecular weight excluding hydrogens is 450 g/mol. The van der Waals surface area contributed by atoms with Crippen molar-refractivity contribution in [1.29, 1.82) is 5.26 Å². The van der Waals surface area contributed by atoms with Crippen molar-refractivity contribution in [3.8, 4) is 17.5 Å². The van der Waals surface area contributed by atoms with Crippen LogP contribution in [0, 0.1) is 11.3 Å². The van der Waals surface area contributed by atoms with E-state index < -0.39 is 5.60 Å². The van der Waals surface area contributed by atoms with Crippen LogP contribution in [0.5, 0.6) is 0 Å². The molecule has 0 saturated carbocycles. The van der Waals surface area contributed by atoms with Gasteiger partial charge in [0, 0.05) is 19.3 Å². The Labute approximate surface area is 211 Å². The molecule has 0 bridgehead atoms. The second-order valence-electron chi connectivity index (χ2n) is 9.61. The van der Waals surface area contributed by atoms with Crippen LogP contribution in [0.25, 0.3) is 17.0 Å². The zero-order valence-corrected chi connectivity index (χ0v) is 20.9. The maximum atomic E-state index is 11.1. The number of imidazole rings is 1. The molecular formula is C28H31N7O. The summed E-state index contributed by atoms with van der Waals surface area (Å²) in [6, 6.07) is 14.3. The molecule has 4 heterocycles. The minimum absolute atomic E-state index is 0.0687. The molecule has 0 unspecified atom stereocenters. The standard InChI is InChI=1S/C28H31N7O/c1-4-20-6-5-13-35-24(18-30-26(20)35)25-22(16-29)17-31-27(33-25)32-19(2)21-7-9-23(10-8-21)28(36)11-14-34(3)15-12-28/h5-10,13,17-19,36H,4,11-12,14-15H2,1-3H3,(H,31,32,33)/t19-/m0/s1. The molecule has 4 aromatic rings. The van der Waals surface area contributed by atoms with Crippen molar-refractivity contribution in [2.75, 3.05) is 25.5 Å². The SMILES string of the molecule is CCc1cccn2c(-c3nc(N[C@@H](C)c4ccc(C5(O)CCN(C)CC5)cc4)ncc3C#N)cnc12. The van der Waals surface area contributed by atoms with Crippen molar-refractivity contribution in [3.05, 3.63) is 77.2 Å². The van der Waals surface area contributed by atoms with Gasteiger partial charge in [-0.15, -0.1) is 0 Å². The van der Waals surface area contributed by atoms with Gasteiger partial charge in [-0.05, 0) is 56.0 Å². The number of likely N-dealkylation sites (tertiary alicyclic amines) is 1. The van der Waals surface area contributed by atoms with E-state index in [-0.39, 0.29) is 6.04 Å².